The van der Waals surface area contributed by atoms with E-state index < -0.39 is 0 Å². The summed E-state index contributed by atoms with van der Waals surface area (Å²) in [4.78, 5) is 16.9. The number of rotatable bonds is 3. The van der Waals surface area contributed by atoms with Crippen molar-refractivity contribution >= 4 is 17.2 Å². The summed E-state index contributed by atoms with van der Waals surface area (Å²) >= 11 is 1.77. The van der Waals surface area contributed by atoms with E-state index in [1.807, 2.05) is 0 Å². The van der Waals surface area contributed by atoms with Gasteiger partial charge >= 0.3 is 0 Å². The fraction of sp³-hybridized carbons (Fsp3) is 0.476. The third-order valence-electron chi connectivity index (χ3n) is 5.88. The molecular weight excluding hydrogens is 328 g/mol. The summed E-state index contributed by atoms with van der Waals surface area (Å²) in [6.07, 6.45) is 1.09. The van der Waals surface area contributed by atoms with Crippen LogP contribution in [0.15, 0.2) is 41.1 Å². The first-order chi connectivity index (χ1) is 12.1. The van der Waals surface area contributed by atoms with E-state index in [2.05, 4.69) is 57.8 Å². The summed E-state index contributed by atoms with van der Waals surface area (Å²) in [5.74, 6) is 1.23. The lowest BCUT2D eigenvalue weighted by Crippen LogP contribution is -2.47. The maximum atomic E-state index is 12.2. The molecule has 4 rings (SSSR count). The maximum absolute atomic E-state index is 12.2. The Balaban J connectivity index is 1.57. The lowest BCUT2D eigenvalue weighted by Gasteiger charge is -2.38. The van der Waals surface area contributed by atoms with Crippen molar-refractivity contribution in [2.24, 2.45) is 5.92 Å². The zero-order valence-electron chi connectivity index (χ0n) is 15.0. The van der Waals surface area contributed by atoms with Crippen molar-refractivity contribution < 1.29 is 4.79 Å². The summed E-state index contributed by atoms with van der Waals surface area (Å²) in [6, 6.07) is 11.5. The van der Waals surface area contributed by atoms with Crippen molar-refractivity contribution in [1.29, 1.82) is 0 Å². The van der Waals surface area contributed by atoms with Gasteiger partial charge in [0.15, 0.2) is 0 Å². The molecule has 0 unspecified atom stereocenters. The van der Waals surface area contributed by atoms with E-state index in [1.165, 1.54) is 16.7 Å². The summed E-state index contributed by atoms with van der Waals surface area (Å²) in [5, 5.41) is 4.41. The van der Waals surface area contributed by atoms with E-state index in [1.54, 1.807) is 18.3 Å². The number of nitrogens with zero attached hydrogens (tertiary/aromatic N) is 2. The molecule has 0 aliphatic carbocycles. The predicted molar refractivity (Wildman–Crippen MR) is 103 cm³/mol. The molecule has 3 heterocycles. The minimum absolute atomic E-state index is 0.233. The zero-order valence-corrected chi connectivity index (χ0v) is 15.8. The minimum atomic E-state index is 0.233. The third-order valence-corrected chi connectivity index (χ3v) is 6.61. The highest BCUT2D eigenvalue weighted by Crippen LogP contribution is 2.42. The van der Waals surface area contributed by atoms with E-state index in [9.17, 15) is 4.79 Å². The lowest BCUT2D eigenvalue weighted by molar-refractivity contribution is -0.130. The van der Waals surface area contributed by atoms with E-state index in [4.69, 9.17) is 0 Å². The van der Waals surface area contributed by atoms with Gasteiger partial charge in [0.1, 0.15) is 0 Å². The number of thiophene rings is 1. The van der Waals surface area contributed by atoms with E-state index >= 15 is 0 Å². The average molecular weight is 355 g/mol. The molecule has 0 N–H and O–H groups in total. The summed E-state index contributed by atoms with van der Waals surface area (Å²) in [6.45, 7) is 7.97. The SMILES string of the molecule is CC(=O)N1C[C@H](c2cccc(C)c2)[C@H]2CN(Cc3ccsc3)CC[C@H]21. The second-order valence-corrected chi connectivity index (χ2v) is 8.36. The summed E-state index contributed by atoms with van der Waals surface area (Å²) < 4.78 is 0. The molecule has 1 amide bonds. The van der Waals surface area contributed by atoms with Gasteiger partial charge in [0.25, 0.3) is 0 Å². The Hall–Kier alpha value is -1.65. The number of likely N-dealkylation sites (tertiary alicyclic amines) is 2. The number of carbonyl (C=O) groups excluding carboxylic acids is 1. The maximum Gasteiger partial charge on any atom is 0.219 e. The van der Waals surface area contributed by atoms with Crippen LogP contribution in [0.2, 0.25) is 0 Å². The molecule has 0 spiro atoms. The molecule has 2 aliphatic rings. The van der Waals surface area contributed by atoms with Crippen LogP contribution in [0.4, 0.5) is 0 Å². The van der Waals surface area contributed by atoms with Gasteiger partial charge in [-0.05, 0) is 41.3 Å². The fourth-order valence-corrected chi connectivity index (χ4v) is 5.36. The average Bonchev–Trinajstić information content (AvgIpc) is 3.22. The molecule has 4 heteroatoms. The molecule has 132 valence electrons. The van der Waals surface area contributed by atoms with E-state index in [0.29, 0.717) is 17.9 Å². The van der Waals surface area contributed by atoms with Crippen LogP contribution in [-0.4, -0.2) is 41.4 Å². The van der Waals surface area contributed by atoms with Crippen LogP contribution in [-0.2, 0) is 11.3 Å². The lowest BCUT2D eigenvalue weighted by atomic mass is 9.81. The first kappa shape index (κ1) is 16.8. The van der Waals surface area contributed by atoms with Gasteiger partial charge in [-0.1, -0.05) is 29.8 Å². The Morgan fingerprint density at radius 1 is 1.28 bits per heavy atom. The number of hydrogen-bond donors (Lipinski definition) is 0. The van der Waals surface area contributed by atoms with Gasteiger partial charge in [-0.15, -0.1) is 0 Å². The molecule has 2 fully saturated rings. The summed E-state index contributed by atoms with van der Waals surface area (Å²) in [5.41, 5.74) is 4.12. The Morgan fingerprint density at radius 2 is 2.16 bits per heavy atom. The molecule has 1 aromatic carbocycles. The Bertz CT molecular complexity index is 742. The normalized spacial score (nSPS) is 26.6. The first-order valence-corrected chi connectivity index (χ1v) is 10.1. The molecule has 0 bridgehead atoms. The zero-order chi connectivity index (χ0) is 17.4. The van der Waals surface area contributed by atoms with Gasteiger partial charge in [-0.25, -0.2) is 0 Å². The standard InChI is InChI=1S/C21H26N2OS/c1-15-4-3-5-18(10-15)19-13-23(16(2)24)21-6-8-22(12-20(19)21)11-17-7-9-25-14-17/h3-5,7,9-10,14,19-21H,6,8,11-13H2,1-2H3/t19-,20-,21-/m1/s1. The first-order valence-electron chi connectivity index (χ1n) is 9.19. The number of hydrogen-bond acceptors (Lipinski definition) is 3. The van der Waals surface area contributed by atoms with Gasteiger partial charge in [-0.2, -0.15) is 11.3 Å². The number of amides is 1. The highest BCUT2D eigenvalue weighted by molar-refractivity contribution is 7.07. The van der Waals surface area contributed by atoms with Gasteiger partial charge < -0.3 is 4.90 Å². The highest BCUT2D eigenvalue weighted by atomic mass is 32.1. The quantitative estimate of drug-likeness (QED) is 0.835. The van der Waals surface area contributed by atoms with Crippen molar-refractivity contribution in [3.8, 4) is 0 Å². The van der Waals surface area contributed by atoms with Crippen LogP contribution in [0.25, 0.3) is 0 Å². The second kappa shape index (κ2) is 6.93. The highest BCUT2D eigenvalue weighted by Gasteiger charge is 2.46. The predicted octanol–water partition coefficient (Wildman–Crippen LogP) is 3.89. The minimum Gasteiger partial charge on any atom is -0.339 e. The second-order valence-electron chi connectivity index (χ2n) is 7.58. The molecule has 0 radical (unpaired) electrons. The van der Waals surface area contributed by atoms with Crippen molar-refractivity contribution in [3.63, 3.8) is 0 Å². The Morgan fingerprint density at radius 3 is 2.88 bits per heavy atom. The monoisotopic (exact) mass is 354 g/mol. The summed E-state index contributed by atoms with van der Waals surface area (Å²) in [7, 11) is 0. The van der Waals surface area contributed by atoms with Gasteiger partial charge in [0.05, 0.1) is 0 Å². The number of carbonyl (C=O) groups is 1. The molecule has 0 saturated carbocycles. The van der Waals surface area contributed by atoms with Gasteiger partial charge in [0.2, 0.25) is 5.91 Å². The number of fused-ring (bicyclic) bond motifs is 1. The van der Waals surface area contributed by atoms with Crippen molar-refractivity contribution in [2.75, 3.05) is 19.6 Å². The molecule has 2 saturated heterocycles. The largest absolute Gasteiger partial charge is 0.339 e. The fourth-order valence-electron chi connectivity index (χ4n) is 4.70. The van der Waals surface area contributed by atoms with E-state index in [0.717, 1.165) is 32.6 Å². The van der Waals surface area contributed by atoms with Gasteiger partial charge in [-0.3, -0.25) is 9.69 Å². The molecule has 3 atom stereocenters. The topological polar surface area (TPSA) is 23.6 Å². The van der Waals surface area contributed by atoms with Crippen LogP contribution in [0, 0.1) is 12.8 Å². The molecule has 2 aromatic rings. The number of piperidine rings is 1. The van der Waals surface area contributed by atoms with Gasteiger partial charge in [0, 0.05) is 51.0 Å². The molecule has 1 aromatic heterocycles. The van der Waals surface area contributed by atoms with Crippen LogP contribution in [0.3, 0.4) is 0 Å². The van der Waals surface area contributed by atoms with E-state index in [-0.39, 0.29) is 5.91 Å². The third kappa shape index (κ3) is 3.38. The molecule has 25 heavy (non-hydrogen) atoms. The van der Waals surface area contributed by atoms with Crippen LogP contribution < -0.4 is 0 Å². The van der Waals surface area contributed by atoms with Crippen LogP contribution in [0.1, 0.15) is 36.0 Å². The Kier molecular flexibility index (Phi) is 4.65. The smallest absolute Gasteiger partial charge is 0.219 e. The van der Waals surface area contributed by atoms with Crippen LogP contribution >= 0.6 is 11.3 Å². The van der Waals surface area contributed by atoms with Crippen molar-refractivity contribution in [2.45, 2.75) is 38.8 Å². The van der Waals surface area contributed by atoms with Crippen molar-refractivity contribution in [3.05, 3.63) is 57.8 Å². The number of aryl methyl sites for hydroxylation is 1. The van der Waals surface area contributed by atoms with Crippen molar-refractivity contribution in [1.82, 2.24) is 9.80 Å². The van der Waals surface area contributed by atoms with Crippen LogP contribution in [0.5, 0.6) is 0 Å². The molecular formula is C21H26N2OS. The molecule has 2 aliphatic heterocycles. The number of benzene rings is 1. The Labute approximate surface area is 154 Å². The molecule has 3 nitrogen and oxygen atoms in total.